The topological polar surface area (TPSA) is 100 Å². The third-order valence-corrected chi connectivity index (χ3v) is 5.20. The number of hydrogen-bond acceptors (Lipinski definition) is 7. The number of aliphatic imine (C=N–C) groups is 1. The van der Waals surface area contributed by atoms with E-state index in [1.165, 1.54) is 6.92 Å². The molecule has 1 fully saturated rings. The first-order valence-electron chi connectivity index (χ1n) is 9.74. The molecule has 1 unspecified atom stereocenters. The summed E-state index contributed by atoms with van der Waals surface area (Å²) in [4.78, 5) is 26.9. The zero-order chi connectivity index (χ0) is 24.1. The molecule has 0 aliphatic carbocycles. The van der Waals surface area contributed by atoms with Crippen molar-refractivity contribution >= 4 is 17.6 Å². The molecule has 0 spiro atoms. The van der Waals surface area contributed by atoms with Crippen LogP contribution in [-0.4, -0.2) is 47.4 Å². The Morgan fingerprint density at radius 1 is 1.34 bits per heavy atom. The maximum absolute atomic E-state index is 14.9. The van der Waals surface area contributed by atoms with Crippen LogP contribution in [0.3, 0.4) is 0 Å². The molecule has 0 N–H and O–H groups in total. The average molecular weight is 462 g/mol. The molecule has 0 bridgehead atoms. The van der Waals surface area contributed by atoms with E-state index in [9.17, 15) is 32.5 Å². The van der Waals surface area contributed by atoms with Gasteiger partial charge < -0.3 is 14.2 Å². The molecule has 0 saturated carbocycles. The van der Waals surface area contributed by atoms with Gasteiger partial charge in [-0.1, -0.05) is 0 Å². The van der Waals surface area contributed by atoms with Gasteiger partial charge in [-0.25, -0.2) is 9.38 Å². The van der Waals surface area contributed by atoms with E-state index in [2.05, 4.69) is 4.99 Å². The highest BCUT2D eigenvalue weighted by atomic mass is 19.4. The lowest BCUT2D eigenvalue weighted by Crippen LogP contribution is -2.54. The van der Waals surface area contributed by atoms with Crippen molar-refractivity contribution in [3.63, 3.8) is 0 Å². The van der Waals surface area contributed by atoms with Crippen LogP contribution in [0.15, 0.2) is 23.2 Å². The third kappa shape index (κ3) is 4.54. The smallest absolute Gasteiger partial charge is 0.425 e. The molecule has 32 heavy (non-hydrogen) atoms. The number of fused-ring (bicyclic) bond motifs is 1. The lowest BCUT2D eigenvalue weighted by Gasteiger charge is -2.42. The summed E-state index contributed by atoms with van der Waals surface area (Å²) < 4.78 is 72.4. The lowest BCUT2D eigenvalue weighted by molar-refractivity contribution is -0.385. The van der Waals surface area contributed by atoms with Gasteiger partial charge >= 0.3 is 12.1 Å². The number of halogens is 4. The summed E-state index contributed by atoms with van der Waals surface area (Å²) in [5, 5.41) is 11.2. The number of non-ortho nitro benzene ring substituents is 1. The second kappa shape index (κ2) is 7.98. The van der Waals surface area contributed by atoms with Crippen LogP contribution < -0.4 is 0 Å². The van der Waals surface area contributed by atoms with Crippen LogP contribution in [0.4, 0.5) is 23.2 Å². The van der Waals surface area contributed by atoms with E-state index in [1.807, 2.05) is 0 Å². The summed E-state index contributed by atoms with van der Waals surface area (Å²) in [6.07, 6.45) is -9.19. The maximum atomic E-state index is 14.9. The van der Waals surface area contributed by atoms with E-state index in [4.69, 9.17) is 14.2 Å². The van der Waals surface area contributed by atoms with Crippen molar-refractivity contribution in [3.05, 3.63) is 39.7 Å². The van der Waals surface area contributed by atoms with Crippen LogP contribution in [0.25, 0.3) is 0 Å². The maximum Gasteiger partial charge on any atom is 0.425 e. The van der Waals surface area contributed by atoms with Gasteiger partial charge in [0, 0.05) is 17.7 Å². The molecule has 12 heteroatoms. The van der Waals surface area contributed by atoms with E-state index in [0.717, 1.165) is 18.2 Å². The van der Waals surface area contributed by atoms with E-state index in [0.29, 0.717) is 0 Å². The number of nitrogens with zero attached hydrogens (tertiary/aromatic N) is 2. The second-order valence-electron chi connectivity index (χ2n) is 8.74. The summed E-state index contributed by atoms with van der Waals surface area (Å²) in [5.74, 6) is -4.03. The number of hydrogen-bond donors (Lipinski definition) is 0. The van der Waals surface area contributed by atoms with E-state index >= 15 is 0 Å². The van der Waals surface area contributed by atoms with Crippen LogP contribution in [0, 0.1) is 21.8 Å². The minimum Gasteiger partial charge on any atom is -0.467 e. The largest absolute Gasteiger partial charge is 0.467 e. The van der Waals surface area contributed by atoms with Crippen LogP contribution in [0.5, 0.6) is 0 Å². The number of benzene rings is 1. The van der Waals surface area contributed by atoms with Crippen molar-refractivity contribution in [1.82, 2.24) is 0 Å². The first-order chi connectivity index (χ1) is 14.6. The number of nitro groups is 1. The molecule has 176 valence electrons. The summed E-state index contributed by atoms with van der Waals surface area (Å²) in [6.45, 7) is 5.61. The fourth-order valence-electron chi connectivity index (χ4n) is 4.05. The first kappa shape index (κ1) is 23.9. The molecule has 3 rings (SSSR count). The molecular formula is C20H22F4N2O6. The number of carbonyl (C=O) groups excluding carboxylic acids is 1. The van der Waals surface area contributed by atoms with E-state index < -0.39 is 82.3 Å². The van der Waals surface area contributed by atoms with Gasteiger partial charge in [0.25, 0.3) is 5.69 Å². The summed E-state index contributed by atoms with van der Waals surface area (Å²) >= 11 is 0. The molecule has 2 heterocycles. The van der Waals surface area contributed by atoms with Crippen molar-refractivity contribution in [2.45, 2.75) is 63.6 Å². The first-order valence-corrected chi connectivity index (χ1v) is 9.74. The zero-order valence-corrected chi connectivity index (χ0v) is 17.7. The SMILES string of the molecule is C[C@H]1OCC2(c3cc([N+](=O)[O-])ccc3F)N=C(CC(=O)OC(C)(C)C)O[C@H](C(F)(F)F)[C@H]12. The van der Waals surface area contributed by atoms with Crippen molar-refractivity contribution < 1.29 is 41.5 Å². The molecule has 1 aromatic rings. The number of esters is 1. The number of alkyl halides is 3. The molecule has 8 nitrogen and oxygen atoms in total. The van der Waals surface area contributed by atoms with Crippen LogP contribution in [-0.2, 0) is 24.5 Å². The van der Waals surface area contributed by atoms with Crippen molar-refractivity contribution in [3.8, 4) is 0 Å². The highest BCUT2D eigenvalue weighted by Gasteiger charge is 2.64. The van der Waals surface area contributed by atoms with Crippen LogP contribution in [0.1, 0.15) is 39.7 Å². The Hall–Kier alpha value is -2.76. The van der Waals surface area contributed by atoms with Gasteiger partial charge in [0.05, 0.1) is 23.6 Å². The monoisotopic (exact) mass is 462 g/mol. The van der Waals surface area contributed by atoms with Crippen LogP contribution in [0.2, 0.25) is 0 Å². The molecule has 0 aromatic heterocycles. The Morgan fingerprint density at radius 3 is 2.56 bits per heavy atom. The molecule has 1 saturated heterocycles. The van der Waals surface area contributed by atoms with Gasteiger partial charge in [-0.05, 0) is 33.8 Å². The van der Waals surface area contributed by atoms with Gasteiger partial charge in [0.1, 0.15) is 23.4 Å². The molecule has 2 aliphatic heterocycles. The summed E-state index contributed by atoms with van der Waals surface area (Å²) in [5.41, 5.74) is -3.84. The van der Waals surface area contributed by atoms with Gasteiger partial charge in [-0.2, -0.15) is 13.2 Å². The second-order valence-corrected chi connectivity index (χ2v) is 8.74. The molecular weight excluding hydrogens is 440 g/mol. The number of carbonyl (C=O) groups is 1. The van der Waals surface area contributed by atoms with Gasteiger partial charge in [0.15, 0.2) is 5.90 Å². The Bertz CT molecular complexity index is 958. The van der Waals surface area contributed by atoms with Gasteiger partial charge in [0.2, 0.25) is 6.10 Å². The fourth-order valence-corrected chi connectivity index (χ4v) is 4.05. The average Bonchev–Trinajstić information content (AvgIpc) is 2.96. The standard InChI is InChI=1S/C20H22F4N2O6/c1-10-16-17(20(22,23)24)31-14(8-15(27)32-18(2,3)4)25-19(16,9-30-10)12-7-11(26(28)29)5-6-13(12)21/h5-7,10,16-17H,8-9H2,1-4H3/t10-,16+,17+,19?/m1/s1. The fraction of sp³-hybridized carbons (Fsp3) is 0.600. The Morgan fingerprint density at radius 2 is 2.00 bits per heavy atom. The molecule has 4 atom stereocenters. The number of ether oxygens (including phenoxy) is 3. The Balaban J connectivity index is 2.16. The Kier molecular flexibility index (Phi) is 5.96. The Labute approximate surface area is 180 Å². The quantitative estimate of drug-likeness (QED) is 0.290. The molecule has 0 radical (unpaired) electrons. The van der Waals surface area contributed by atoms with Gasteiger partial charge in [-0.15, -0.1) is 0 Å². The minimum atomic E-state index is -4.91. The summed E-state index contributed by atoms with van der Waals surface area (Å²) in [7, 11) is 0. The molecule has 0 amide bonds. The van der Waals surface area contributed by atoms with Crippen molar-refractivity contribution in [2.24, 2.45) is 10.9 Å². The number of rotatable bonds is 4. The van der Waals surface area contributed by atoms with Crippen LogP contribution >= 0.6 is 0 Å². The van der Waals surface area contributed by atoms with Gasteiger partial charge in [-0.3, -0.25) is 14.9 Å². The van der Waals surface area contributed by atoms with E-state index in [1.54, 1.807) is 20.8 Å². The lowest BCUT2D eigenvalue weighted by atomic mass is 9.74. The minimum absolute atomic E-state index is 0.430. The van der Waals surface area contributed by atoms with Crippen molar-refractivity contribution in [2.75, 3.05) is 6.61 Å². The summed E-state index contributed by atoms with van der Waals surface area (Å²) in [6, 6.07) is 2.54. The van der Waals surface area contributed by atoms with E-state index in [-0.39, 0.29) is 0 Å². The third-order valence-electron chi connectivity index (χ3n) is 5.20. The predicted molar refractivity (Wildman–Crippen MR) is 102 cm³/mol. The molecule has 1 aromatic carbocycles. The highest BCUT2D eigenvalue weighted by molar-refractivity contribution is 5.95. The predicted octanol–water partition coefficient (Wildman–Crippen LogP) is 4.06. The zero-order valence-electron chi connectivity index (χ0n) is 17.7. The van der Waals surface area contributed by atoms with Crippen molar-refractivity contribution in [1.29, 1.82) is 0 Å². The highest BCUT2D eigenvalue weighted by Crippen LogP contribution is 2.52. The number of nitro benzene ring substituents is 1. The molecule has 2 aliphatic rings. The normalized spacial score (nSPS) is 27.9.